The summed E-state index contributed by atoms with van der Waals surface area (Å²) in [6, 6.07) is 7.04. The highest BCUT2D eigenvalue weighted by atomic mass is 35.5. The van der Waals surface area contributed by atoms with Crippen molar-refractivity contribution in [2.24, 2.45) is 5.73 Å². The average Bonchev–Trinajstić information content (AvgIpc) is 2.24. The monoisotopic (exact) mass is 239 g/mol. The molecule has 0 spiro atoms. The predicted octanol–water partition coefficient (Wildman–Crippen LogP) is 1.61. The number of Topliss-reactive ketones (excluding diaryl/α,β-unsaturated/α-hetero) is 1. The van der Waals surface area contributed by atoms with Crippen molar-refractivity contribution in [2.75, 3.05) is 0 Å². The van der Waals surface area contributed by atoms with Gasteiger partial charge >= 0.3 is 0 Å². The van der Waals surface area contributed by atoms with Gasteiger partial charge in [-0.2, -0.15) is 0 Å². The van der Waals surface area contributed by atoms with Crippen LogP contribution in [-0.4, -0.2) is 17.0 Å². The number of ketones is 1. The van der Waals surface area contributed by atoms with Crippen molar-refractivity contribution in [3.8, 4) is 0 Å². The van der Waals surface area contributed by atoms with Gasteiger partial charge in [0, 0.05) is 17.9 Å². The Labute approximate surface area is 99.2 Å². The van der Waals surface area contributed by atoms with E-state index in [2.05, 4.69) is 0 Å². The van der Waals surface area contributed by atoms with Gasteiger partial charge in [0.05, 0.1) is 6.10 Å². The Hall–Kier alpha value is -0.900. The van der Waals surface area contributed by atoms with Crippen molar-refractivity contribution >= 4 is 17.4 Å². The summed E-state index contributed by atoms with van der Waals surface area (Å²) in [4.78, 5) is 11.9. The number of aliphatic hydroxyl groups is 1. The molecule has 0 aromatic heterocycles. The summed E-state index contributed by atoms with van der Waals surface area (Å²) in [5.74, 6) is -0.0501. The van der Waals surface area contributed by atoms with Crippen molar-refractivity contribution in [3.63, 3.8) is 0 Å². The Morgan fingerprint density at radius 1 is 1.44 bits per heavy atom. The first-order valence-electron chi connectivity index (χ1n) is 5.29. The average molecular weight is 240 g/mol. The number of aliphatic hydroxyl groups excluding tert-OH is 1. The molecule has 3 nitrogen and oxygen atoms in total. The normalized spacial score (nSPS) is 30.4. The molecule has 1 saturated carbocycles. The number of hydrogen-bond acceptors (Lipinski definition) is 3. The quantitative estimate of drug-likeness (QED) is 0.783. The highest BCUT2D eigenvalue weighted by Gasteiger charge is 2.42. The molecular formula is C12H14ClNO2. The van der Waals surface area contributed by atoms with Crippen LogP contribution in [-0.2, 0) is 10.3 Å². The second kappa shape index (κ2) is 4.17. The number of benzene rings is 1. The van der Waals surface area contributed by atoms with E-state index in [0.29, 0.717) is 23.4 Å². The fraction of sp³-hybridized carbons (Fsp3) is 0.417. The van der Waals surface area contributed by atoms with E-state index in [0.717, 1.165) is 0 Å². The van der Waals surface area contributed by atoms with Crippen LogP contribution in [0.15, 0.2) is 24.3 Å². The molecule has 0 unspecified atom stereocenters. The smallest absolute Gasteiger partial charge is 0.157 e. The Bertz CT molecular complexity index is 421. The summed E-state index contributed by atoms with van der Waals surface area (Å²) in [5, 5.41) is 10.1. The van der Waals surface area contributed by atoms with E-state index in [4.69, 9.17) is 17.3 Å². The summed E-state index contributed by atoms with van der Waals surface area (Å²) < 4.78 is 0. The van der Waals surface area contributed by atoms with Crippen LogP contribution < -0.4 is 5.73 Å². The molecule has 0 saturated heterocycles. The number of carbonyl (C=O) groups is 1. The second-order valence-electron chi connectivity index (χ2n) is 4.27. The van der Waals surface area contributed by atoms with E-state index in [1.807, 2.05) is 0 Å². The Balaban J connectivity index is 2.44. The molecule has 0 radical (unpaired) electrons. The molecule has 1 aromatic carbocycles. The molecule has 4 heteroatoms. The van der Waals surface area contributed by atoms with E-state index >= 15 is 0 Å². The van der Waals surface area contributed by atoms with Gasteiger partial charge in [-0.05, 0) is 18.1 Å². The predicted molar refractivity (Wildman–Crippen MR) is 62.2 cm³/mol. The molecule has 86 valence electrons. The lowest BCUT2D eigenvalue weighted by atomic mass is 9.75. The number of rotatable bonds is 1. The van der Waals surface area contributed by atoms with Crippen LogP contribution >= 0.6 is 11.6 Å². The number of carbonyl (C=O) groups excluding carboxylic acids is 1. The zero-order valence-corrected chi connectivity index (χ0v) is 9.57. The van der Waals surface area contributed by atoms with Gasteiger partial charge in [-0.25, -0.2) is 0 Å². The van der Waals surface area contributed by atoms with Crippen LogP contribution in [0.25, 0.3) is 0 Å². The van der Waals surface area contributed by atoms with Gasteiger partial charge in [-0.1, -0.05) is 29.8 Å². The summed E-state index contributed by atoms with van der Waals surface area (Å²) >= 11 is 6.05. The molecule has 0 amide bonds. The lowest BCUT2D eigenvalue weighted by Crippen LogP contribution is -2.50. The van der Waals surface area contributed by atoms with Crippen molar-refractivity contribution in [1.82, 2.24) is 0 Å². The zero-order valence-electron chi connectivity index (χ0n) is 8.82. The van der Waals surface area contributed by atoms with Gasteiger partial charge in [-0.15, -0.1) is 0 Å². The lowest BCUT2D eigenvalue weighted by molar-refractivity contribution is -0.129. The molecule has 0 heterocycles. The molecule has 0 aliphatic heterocycles. The first-order valence-corrected chi connectivity index (χ1v) is 5.67. The van der Waals surface area contributed by atoms with E-state index in [1.165, 1.54) is 0 Å². The van der Waals surface area contributed by atoms with Crippen LogP contribution in [0.5, 0.6) is 0 Å². The van der Waals surface area contributed by atoms with Crippen LogP contribution in [0, 0.1) is 0 Å². The largest absolute Gasteiger partial charge is 0.393 e. The second-order valence-corrected chi connectivity index (χ2v) is 4.68. The third-order valence-electron chi connectivity index (χ3n) is 3.11. The first kappa shape index (κ1) is 11.6. The van der Waals surface area contributed by atoms with E-state index in [1.54, 1.807) is 24.3 Å². The molecule has 1 aromatic rings. The first-order chi connectivity index (χ1) is 7.54. The zero-order chi connectivity index (χ0) is 11.8. The minimum Gasteiger partial charge on any atom is -0.393 e. The molecule has 1 fully saturated rings. The Kier molecular flexibility index (Phi) is 3.02. The molecule has 2 atom stereocenters. The van der Waals surface area contributed by atoms with Gasteiger partial charge in [0.2, 0.25) is 0 Å². The maximum Gasteiger partial charge on any atom is 0.157 e. The summed E-state index contributed by atoms with van der Waals surface area (Å²) in [6.45, 7) is 0. The third kappa shape index (κ3) is 1.86. The van der Waals surface area contributed by atoms with Crippen LogP contribution in [0.4, 0.5) is 0 Å². The van der Waals surface area contributed by atoms with Crippen molar-refractivity contribution in [2.45, 2.75) is 30.9 Å². The van der Waals surface area contributed by atoms with Crippen LogP contribution in [0.2, 0.25) is 5.02 Å². The minimum atomic E-state index is -1.13. The van der Waals surface area contributed by atoms with Gasteiger partial charge in [0.25, 0.3) is 0 Å². The summed E-state index contributed by atoms with van der Waals surface area (Å²) in [6.07, 6.45) is 0.514. The Morgan fingerprint density at radius 3 is 2.81 bits per heavy atom. The van der Waals surface area contributed by atoms with Gasteiger partial charge in [0.1, 0.15) is 5.54 Å². The highest BCUT2D eigenvalue weighted by molar-refractivity contribution is 6.31. The molecule has 1 aliphatic carbocycles. The third-order valence-corrected chi connectivity index (χ3v) is 3.44. The summed E-state index contributed by atoms with van der Waals surface area (Å²) in [7, 11) is 0. The Morgan fingerprint density at radius 2 is 2.12 bits per heavy atom. The van der Waals surface area contributed by atoms with E-state index in [-0.39, 0.29) is 12.2 Å². The maximum absolute atomic E-state index is 11.9. The fourth-order valence-corrected chi connectivity index (χ4v) is 2.50. The fourth-order valence-electron chi connectivity index (χ4n) is 2.19. The number of nitrogens with two attached hydrogens (primary N) is 1. The molecule has 2 rings (SSSR count). The van der Waals surface area contributed by atoms with Crippen molar-refractivity contribution in [1.29, 1.82) is 0 Å². The lowest BCUT2D eigenvalue weighted by Gasteiger charge is -2.35. The van der Waals surface area contributed by atoms with Gasteiger partial charge < -0.3 is 10.8 Å². The molecular weight excluding hydrogens is 226 g/mol. The topological polar surface area (TPSA) is 63.3 Å². The standard InChI is InChI=1S/C12H14ClNO2/c13-10-4-2-1-3-9(10)12(14)7-8(15)5-6-11(12)16/h1-4,8,15H,5-7,14H2/t8-,12+/m0/s1. The minimum absolute atomic E-state index is 0.0501. The van der Waals surface area contributed by atoms with Crippen LogP contribution in [0.3, 0.4) is 0 Å². The molecule has 16 heavy (non-hydrogen) atoms. The highest BCUT2D eigenvalue weighted by Crippen LogP contribution is 2.35. The molecule has 3 N–H and O–H groups in total. The van der Waals surface area contributed by atoms with Gasteiger partial charge in [0.15, 0.2) is 5.78 Å². The number of hydrogen-bond donors (Lipinski definition) is 2. The number of halogens is 1. The molecule has 0 bridgehead atoms. The van der Waals surface area contributed by atoms with Crippen molar-refractivity contribution < 1.29 is 9.90 Å². The van der Waals surface area contributed by atoms with Crippen molar-refractivity contribution in [3.05, 3.63) is 34.9 Å². The molecule has 1 aliphatic rings. The van der Waals surface area contributed by atoms with E-state index in [9.17, 15) is 9.90 Å². The SMILES string of the molecule is N[C@@]1(c2ccccc2Cl)C[C@@H](O)CCC1=O. The van der Waals surface area contributed by atoms with Crippen LogP contribution in [0.1, 0.15) is 24.8 Å². The van der Waals surface area contributed by atoms with Gasteiger partial charge in [-0.3, -0.25) is 4.79 Å². The summed E-state index contributed by atoms with van der Waals surface area (Å²) in [5.41, 5.74) is 5.60. The maximum atomic E-state index is 11.9. The van der Waals surface area contributed by atoms with E-state index < -0.39 is 11.6 Å².